The SMILES string of the molecule is COc1ccc(-c2[nH]c(=O)n([C@@H](Cc3ccc(F)cc3)C(=O)Nc3ccc(I)cc3F)c2O)cc1. The molecule has 180 valence electrons. The van der Waals surface area contributed by atoms with E-state index in [1.807, 2.05) is 22.6 Å². The molecular weight excluding hydrogens is 571 g/mol. The summed E-state index contributed by atoms with van der Waals surface area (Å²) >= 11 is 1.94. The van der Waals surface area contributed by atoms with Crippen molar-refractivity contribution in [3.8, 4) is 22.9 Å². The van der Waals surface area contributed by atoms with Gasteiger partial charge in [0.25, 0.3) is 0 Å². The summed E-state index contributed by atoms with van der Waals surface area (Å²) in [5.41, 5.74) is 0.323. The van der Waals surface area contributed by atoms with Gasteiger partial charge in [0, 0.05) is 15.6 Å². The van der Waals surface area contributed by atoms with Crippen molar-refractivity contribution in [2.24, 2.45) is 0 Å². The Hall–Kier alpha value is -3.67. The van der Waals surface area contributed by atoms with Crippen LogP contribution >= 0.6 is 22.6 Å². The molecule has 0 bridgehead atoms. The molecule has 7 nitrogen and oxygen atoms in total. The van der Waals surface area contributed by atoms with Gasteiger partial charge in [-0.1, -0.05) is 12.1 Å². The Kier molecular flexibility index (Phi) is 7.20. The third kappa shape index (κ3) is 5.37. The third-order valence-electron chi connectivity index (χ3n) is 5.43. The molecule has 10 heteroatoms. The first-order valence-electron chi connectivity index (χ1n) is 10.4. The molecular formula is C25H20F2IN3O4. The van der Waals surface area contributed by atoms with E-state index >= 15 is 0 Å². The quantitative estimate of drug-likeness (QED) is 0.268. The highest BCUT2D eigenvalue weighted by atomic mass is 127. The summed E-state index contributed by atoms with van der Waals surface area (Å²) in [7, 11) is 1.51. The number of hydrogen-bond donors (Lipinski definition) is 3. The lowest BCUT2D eigenvalue weighted by molar-refractivity contribution is -0.119. The maximum atomic E-state index is 14.4. The van der Waals surface area contributed by atoms with Crippen LogP contribution in [-0.2, 0) is 11.2 Å². The number of anilines is 1. The second kappa shape index (κ2) is 10.3. The fourth-order valence-electron chi connectivity index (χ4n) is 3.64. The predicted octanol–water partition coefficient (Wildman–Crippen LogP) is 4.86. The standard InChI is InChI=1S/C25H20F2IN3O4/c1-35-18-9-4-15(5-10-18)22-24(33)31(25(34)30-22)21(12-14-2-6-16(26)7-3-14)23(32)29-20-11-8-17(28)13-19(20)27/h2-11,13,21,33H,12H2,1H3,(H,29,32)(H,30,34)/t21-/m0/s1. The molecule has 4 aromatic rings. The molecule has 1 atom stereocenters. The van der Waals surface area contributed by atoms with Crippen molar-refractivity contribution in [1.82, 2.24) is 9.55 Å². The van der Waals surface area contributed by atoms with E-state index in [1.165, 1.54) is 43.5 Å². The summed E-state index contributed by atoms with van der Waals surface area (Å²) in [4.78, 5) is 28.8. The highest BCUT2D eigenvalue weighted by molar-refractivity contribution is 14.1. The monoisotopic (exact) mass is 591 g/mol. The minimum atomic E-state index is -1.27. The first-order valence-corrected chi connectivity index (χ1v) is 11.5. The van der Waals surface area contributed by atoms with Crippen molar-refractivity contribution in [1.29, 1.82) is 0 Å². The highest BCUT2D eigenvalue weighted by Gasteiger charge is 2.29. The largest absolute Gasteiger partial charge is 0.497 e. The van der Waals surface area contributed by atoms with E-state index in [0.717, 1.165) is 4.57 Å². The molecule has 0 fully saturated rings. The number of imidazole rings is 1. The first-order chi connectivity index (χ1) is 16.8. The van der Waals surface area contributed by atoms with Crippen LogP contribution in [0.1, 0.15) is 11.6 Å². The number of aromatic nitrogens is 2. The number of nitrogens with zero attached hydrogens (tertiary/aromatic N) is 1. The van der Waals surface area contributed by atoms with E-state index in [1.54, 1.807) is 30.3 Å². The first kappa shape index (κ1) is 24.5. The van der Waals surface area contributed by atoms with E-state index in [2.05, 4.69) is 10.3 Å². The minimum absolute atomic E-state index is 0.0640. The van der Waals surface area contributed by atoms with Gasteiger partial charge >= 0.3 is 5.69 Å². The number of carbonyl (C=O) groups is 1. The number of ether oxygens (including phenoxy) is 1. The number of methoxy groups -OCH3 is 1. The number of halogens is 3. The minimum Gasteiger partial charge on any atom is -0.497 e. The topological polar surface area (TPSA) is 96.4 Å². The molecule has 0 aliphatic rings. The van der Waals surface area contributed by atoms with Crippen molar-refractivity contribution >= 4 is 34.2 Å². The summed E-state index contributed by atoms with van der Waals surface area (Å²) in [5.74, 6) is -1.71. The Labute approximate surface area is 212 Å². The molecule has 1 heterocycles. The van der Waals surface area contributed by atoms with Gasteiger partial charge in [0.05, 0.1) is 12.8 Å². The van der Waals surface area contributed by atoms with Gasteiger partial charge in [-0.15, -0.1) is 0 Å². The number of H-pyrrole nitrogens is 1. The smallest absolute Gasteiger partial charge is 0.329 e. The van der Waals surface area contributed by atoms with Crippen LogP contribution in [0.15, 0.2) is 71.5 Å². The molecule has 1 aromatic heterocycles. The lowest BCUT2D eigenvalue weighted by atomic mass is 10.0. The Bertz CT molecular complexity index is 1420. The number of aromatic hydroxyl groups is 1. The Morgan fingerprint density at radius 3 is 2.43 bits per heavy atom. The second-order valence-corrected chi connectivity index (χ2v) is 8.93. The average molecular weight is 591 g/mol. The molecule has 0 aliphatic carbocycles. The van der Waals surface area contributed by atoms with Gasteiger partial charge in [-0.25, -0.2) is 18.1 Å². The molecule has 3 aromatic carbocycles. The van der Waals surface area contributed by atoms with E-state index in [4.69, 9.17) is 4.74 Å². The van der Waals surface area contributed by atoms with Crippen LogP contribution in [0.2, 0.25) is 0 Å². The van der Waals surface area contributed by atoms with Gasteiger partial charge in [-0.3, -0.25) is 4.79 Å². The van der Waals surface area contributed by atoms with Gasteiger partial charge in [-0.05, 0) is 82.8 Å². The van der Waals surface area contributed by atoms with Crippen molar-refractivity contribution < 1.29 is 23.4 Å². The molecule has 4 rings (SSSR count). The Morgan fingerprint density at radius 2 is 1.80 bits per heavy atom. The molecule has 35 heavy (non-hydrogen) atoms. The van der Waals surface area contributed by atoms with Crippen LogP contribution in [0.4, 0.5) is 14.5 Å². The lowest BCUT2D eigenvalue weighted by Crippen LogP contribution is -2.33. The molecule has 0 spiro atoms. The van der Waals surface area contributed by atoms with E-state index < -0.39 is 35.2 Å². The highest BCUT2D eigenvalue weighted by Crippen LogP contribution is 2.31. The van der Waals surface area contributed by atoms with Gasteiger partial charge in [0.2, 0.25) is 11.8 Å². The van der Waals surface area contributed by atoms with Crippen LogP contribution in [0.5, 0.6) is 11.6 Å². The summed E-state index contributed by atoms with van der Waals surface area (Å²) < 4.78 is 34.5. The second-order valence-electron chi connectivity index (χ2n) is 7.69. The lowest BCUT2D eigenvalue weighted by Gasteiger charge is -2.19. The fraction of sp³-hybridized carbons (Fsp3) is 0.120. The normalized spacial score (nSPS) is 11.8. The number of carbonyl (C=O) groups excluding carboxylic acids is 1. The molecule has 0 saturated heterocycles. The number of rotatable bonds is 7. The van der Waals surface area contributed by atoms with Crippen molar-refractivity contribution in [2.45, 2.75) is 12.5 Å². The molecule has 0 radical (unpaired) electrons. The molecule has 0 saturated carbocycles. The number of amides is 1. The summed E-state index contributed by atoms with van der Waals surface area (Å²) in [6.07, 6.45) is -0.0640. The van der Waals surface area contributed by atoms with Crippen LogP contribution in [0.3, 0.4) is 0 Å². The van der Waals surface area contributed by atoms with Crippen molar-refractivity contribution in [3.05, 3.63) is 98.0 Å². The molecule has 0 aliphatic heterocycles. The van der Waals surface area contributed by atoms with Gasteiger partial charge in [0.15, 0.2) is 0 Å². The van der Waals surface area contributed by atoms with Gasteiger partial charge < -0.3 is 20.1 Å². The maximum absolute atomic E-state index is 14.4. The van der Waals surface area contributed by atoms with Crippen molar-refractivity contribution in [2.75, 3.05) is 12.4 Å². The molecule has 1 amide bonds. The predicted molar refractivity (Wildman–Crippen MR) is 136 cm³/mol. The van der Waals surface area contributed by atoms with Gasteiger partial charge in [-0.2, -0.15) is 0 Å². The zero-order chi connectivity index (χ0) is 25.1. The Balaban J connectivity index is 1.75. The number of nitrogens with one attached hydrogen (secondary N) is 2. The van der Waals surface area contributed by atoms with E-state index in [-0.39, 0.29) is 17.8 Å². The summed E-state index contributed by atoms with van der Waals surface area (Å²) in [6, 6.07) is 15.0. The maximum Gasteiger partial charge on any atom is 0.329 e. The van der Waals surface area contributed by atoms with Gasteiger partial charge in [0.1, 0.15) is 29.1 Å². The van der Waals surface area contributed by atoms with Crippen LogP contribution < -0.4 is 15.7 Å². The molecule has 0 unspecified atom stereocenters. The van der Waals surface area contributed by atoms with E-state index in [0.29, 0.717) is 20.4 Å². The Morgan fingerprint density at radius 1 is 1.11 bits per heavy atom. The number of hydrogen-bond acceptors (Lipinski definition) is 4. The van der Waals surface area contributed by atoms with Crippen LogP contribution in [-0.4, -0.2) is 27.7 Å². The summed E-state index contributed by atoms with van der Waals surface area (Å²) in [6.45, 7) is 0. The van der Waals surface area contributed by atoms with Crippen molar-refractivity contribution in [3.63, 3.8) is 0 Å². The third-order valence-corrected chi connectivity index (χ3v) is 6.10. The zero-order valence-electron chi connectivity index (χ0n) is 18.4. The fourth-order valence-corrected chi connectivity index (χ4v) is 4.09. The summed E-state index contributed by atoms with van der Waals surface area (Å²) in [5, 5.41) is 13.5. The molecule has 3 N–H and O–H groups in total. The number of benzene rings is 3. The average Bonchev–Trinajstić information content (AvgIpc) is 3.14. The van der Waals surface area contributed by atoms with Crippen LogP contribution in [0, 0.1) is 15.2 Å². The van der Waals surface area contributed by atoms with E-state index in [9.17, 15) is 23.5 Å². The zero-order valence-corrected chi connectivity index (χ0v) is 20.5. The van der Waals surface area contributed by atoms with Crippen LogP contribution in [0.25, 0.3) is 11.3 Å². The number of aromatic amines is 1.